The van der Waals surface area contributed by atoms with Crippen LogP contribution in [0.5, 0.6) is 0 Å². The molecule has 1 aliphatic rings. The van der Waals surface area contributed by atoms with Gasteiger partial charge in [0.1, 0.15) is 10.9 Å². The summed E-state index contributed by atoms with van der Waals surface area (Å²) >= 11 is 0. The molecule has 0 amide bonds. The lowest BCUT2D eigenvalue weighted by Crippen LogP contribution is -2.51. The monoisotopic (exact) mass is 554 g/mol. The van der Waals surface area contributed by atoms with Gasteiger partial charge in [-0.1, -0.05) is 13.8 Å². The van der Waals surface area contributed by atoms with Gasteiger partial charge in [-0.05, 0) is 68.9 Å². The van der Waals surface area contributed by atoms with Gasteiger partial charge in [0.15, 0.2) is 5.82 Å². The van der Waals surface area contributed by atoms with E-state index in [0.717, 1.165) is 17.1 Å². The molecular weight excluding hydrogens is 520 g/mol. The summed E-state index contributed by atoms with van der Waals surface area (Å²) in [5, 5.41) is 17.5. The minimum atomic E-state index is -4.03. The molecule has 0 spiro atoms. The zero-order chi connectivity index (χ0) is 28.5. The Morgan fingerprint density at radius 3 is 2.54 bits per heavy atom. The second kappa shape index (κ2) is 10.8. The molecule has 1 unspecified atom stereocenters. The number of benzene rings is 1. The Kier molecular flexibility index (Phi) is 7.86. The molecule has 1 fully saturated rings. The average molecular weight is 555 g/mol. The number of nitrogens with zero attached hydrogens (tertiary/aromatic N) is 4. The molecule has 39 heavy (non-hydrogen) atoms. The van der Waals surface area contributed by atoms with Crippen molar-refractivity contribution in [2.24, 2.45) is 11.8 Å². The van der Waals surface area contributed by atoms with Crippen molar-refractivity contribution in [3.05, 3.63) is 46.9 Å². The predicted molar refractivity (Wildman–Crippen MR) is 147 cm³/mol. The molecule has 1 atom stereocenters. The van der Waals surface area contributed by atoms with Gasteiger partial charge < -0.3 is 15.0 Å². The molecule has 0 saturated heterocycles. The van der Waals surface area contributed by atoms with Crippen LogP contribution in [0.15, 0.2) is 46.2 Å². The first kappa shape index (κ1) is 28.3. The molecule has 0 aliphatic heterocycles. The molecule has 0 radical (unpaired) electrons. The summed E-state index contributed by atoms with van der Waals surface area (Å²) in [6.07, 6.45) is 3.86. The van der Waals surface area contributed by atoms with Gasteiger partial charge in [-0.2, -0.15) is 14.7 Å². The van der Waals surface area contributed by atoms with Crippen molar-refractivity contribution in [2.75, 3.05) is 19.0 Å². The average Bonchev–Trinajstić information content (AvgIpc) is 3.67. The fourth-order valence-electron chi connectivity index (χ4n) is 4.32. The highest BCUT2D eigenvalue weighted by Crippen LogP contribution is 2.43. The van der Waals surface area contributed by atoms with Gasteiger partial charge >= 0.3 is 5.97 Å². The number of hydrogen-bond donors (Lipinski definition) is 2. The summed E-state index contributed by atoms with van der Waals surface area (Å²) in [6.45, 7) is 7.00. The number of aromatic amines is 1. The second-order valence-corrected chi connectivity index (χ2v) is 12.8. The summed E-state index contributed by atoms with van der Waals surface area (Å²) < 4.78 is 34.7. The smallest absolute Gasteiger partial charge is 0.327 e. The van der Waals surface area contributed by atoms with Crippen LogP contribution in [-0.4, -0.2) is 52.7 Å². The van der Waals surface area contributed by atoms with Crippen molar-refractivity contribution < 1.29 is 17.9 Å². The number of fused-ring (bicyclic) bond motifs is 1. The highest BCUT2D eigenvalue weighted by molar-refractivity contribution is 7.89. The molecule has 1 aliphatic carbocycles. The summed E-state index contributed by atoms with van der Waals surface area (Å²) in [4.78, 5) is 28.0. The Morgan fingerprint density at radius 2 is 1.95 bits per heavy atom. The Bertz CT molecular complexity index is 1560. The van der Waals surface area contributed by atoms with E-state index in [2.05, 4.69) is 21.5 Å². The van der Waals surface area contributed by atoms with E-state index in [-0.39, 0.29) is 35.4 Å². The minimum absolute atomic E-state index is 0.00339. The molecule has 2 N–H and O–H groups in total. The summed E-state index contributed by atoms with van der Waals surface area (Å²) in [5.41, 5.74) is -0.592. The van der Waals surface area contributed by atoms with Crippen LogP contribution < -0.4 is 10.9 Å². The Balaban J connectivity index is 1.60. The second-order valence-electron chi connectivity index (χ2n) is 10.8. The Morgan fingerprint density at radius 1 is 1.28 bits per heavy atom. The van der Waals surface area contributed by atoms with Gasteiger partial charge in [-0.3, -0.25) is 14.3 Å². The van der Waals surface area contributed by atoms with Gasteiger partial charge in [0.2, 0.25) is 10.0 Å². The van der Waals surface area contributed by atoms with Crippen LogP contribution in [0.25, 0.3) is 10.9 Å². The number of aromatic nitrogens is 3. The molecule has 2 heterocycles. The molecule has 11 nitrogen and oxygen atoms in total. The number of rotatable bonds is 11. The van der Waals surface area contributed by atoms with E-state index >= 15 is 0 Å². The van der Waals surface area contributed by atoms with Crippen LogP contribution in [0.2, 0.25) is 0 Å². The van der Waals surface area contributed by atoms with Crippen LogP contribution in [-0.2, 0) is 19.6 Å². The zero-order valence-electron chi connectivity index (χ0n) is 22.8. The summed E-state index contributed by atoms with van der Waals surface area (Å²) in [7, 11) is -2.68. The highest BCUT2D eigenvalue weighted by Gasteiger charge is 2.41. The number of ether oxygens (including phenoxy) is 1. The molecule has 12 heteroatoms. The van der Waals surface area contributed by atoms with Gasteiger partial charge in [0, 0.05) is 18.9 Å². The zero-order valence-corrected chi connectivity index (χ0v) is 23.6. The molecule has 1 aromatic carbocycles. The number of likely N-dealkylation sites (N-methyl/N-ethyl adjacent to an activating group) is 1. The van der Waals surface area contributed by atoms with Crippen LogP contribution >= 0.6 is 0 Å². The fraction of sp³-hybridized carbons (Fsp3) is 0.481. The first-order valence-electron chi connectivity index (χ1n) is 12.9. The minimum Gasteiger partial charge on any atom is -0.464 e. The maximum Gasteiger partial charge on any atom is 0.327 e. The fourth-order valence-corrected chi connectivity index (χ4v) is 5.79. The first-order chi connectivity index (χ1) is 18.4. The normalized spacial score (nSPS) is 14.9. The lowest BCUT2D eigenvalue weighted by molar-refractivity contribution is -0.154. The van der Waals surface area contributed by atoms with E-state index in [0.29, 0.717) is 28.3 Å². The van der Waals surface area contributed by atoms with Crippen LogP contribution in [0.3, 0.4) is 0 Å². The van der Waals surface area contributed by atoms with Crippen molar-refractivity contribution in [3.8, 4) is 6.07 Å². The summed E-state index contributed by atoms with van der Waals surface area (Å²) in [6, 6.07) is 9.85. The molecule has 1 saturated carbocycles. The number of hydrogen-bond acceptors (Lipinski definition) is 8. The van der Waals surface area contributed by atoms with E-state index in [1.54, 1.807) is 29.1 Å². The third-order valence-corrected chi connectivity index (χ3v) is 9.07. The van der Waals surface area contributed by atoms with Crippen molar-refractivity contribution in [2.45, 2.75) is 63.4 Å². The molecule has 2 aromatic heterocycles. The van der Waals surface area contributed by atoms with Crippen LogP contribution in [0.4, 0.5) is 11.5 Å². The Labute approximate surface area is 227 Å². The number of sulfonamides is 1. The van der Waals surface area contributed by atoms with E-state index in [1.165, 1.54) is 33.0 Å². The van der Waals surface area contributed by atoms with Gasteiger partial charge in [0.25, 0.3) is 5.56 Å². The van der Waals surface area contributed by atoms with Crippen molar-refractivity contribution in [1.29, 1.82) is 5.26 Å². The molecule has 0 bridgehead atoms. The quantitative estimate of drug-likeness (QED) is 0.339. The van der Waals surface area contributed by atoms with Crippen molar-refractivity contribution in [3.63, 3.8) is 0 Å². The number of carbonyl (C=O) groups is 1. The number of carbonyl (C=O) groups excluding carboxylic acids is 1. The highest BCUT2D eigenvalue weighted by atomic mass is 32.2. The first-order valence-corrected chi connectivity index (χ1v) is 14.3. The number of H-pyrrole nitrogens is 1. The lowest BCUT2D eigenvalue weighted by atomic mass is 10.1. The van der Waals surface area contributed by atoms with Gasteiger partial charge in [-0.15, -0.1) is 0 Å². The molecular formula is C27H34N6O5S. The maximum atomic E-state index is 13.3. The van der Waals surface area contributed by atoms with Gasteiger partial charge in [-0.25, -0.2) is 8.42 Å². The number of pyridine rings is 1. The standard InChI is InChI=1S/C27H34N6O5S/c1-17(2)16-38-26(35)27(3,4)32(5)39(36,37)20-10-8-19(9-11-20)30-24-23-22(13-15-29-25(23)34)33(31-24)21(12-14-28)18-6-7-18/h8-11,13,15,17-18,21H,6-7,12,16H2,1-5H3,(H,29,34)(H,30,31). The number of nitrogens with one attached hydrogen (secondary N) is 2. The van der Waals surface area contributed by atoms with Gasteiger partial charge in [0.05, 0.1) is 35.6 Å². The van der Waals surface area contributed by atoms with E-state index in [1.807, 2.05) is 13.8 Å². The SMILES string of the molecule is CC(C)COC(=O)C(C)(C)N(C)S(=O)(=O)c1ccc(Nc2nn(C(CC#N)C3CC3)c3cc[nH]c(=O)c23)cc1. The van der Waals surface area contributed by atoms with Crippen LogP contribution in [0.1, 0.15) is 53.0 Å². The lowest BCUT2D eigenvalue weighted by Gasteiger charge is -2.32. The van der Waals surface area contributed by atoms with Crippen LogP contribution in [0, 0.1) is 23.2 Å². The Hall–Kier alpha value is -3.69. The number of nitriles is 1. The number of anilines is 2. The summed E-state index contributed by atoms with van der Waals surface area (Å²) in [5.74, 6) is 0.149. The predicted octanol–water partition coefficient (Wildman–Crippen LogP) is 3.93. The molecule has 208 valence electrons. The maximum absolute atomic E-state index is 13.3. The third-order valence-electron chi connectivity index (χ3n) is 7.02. The van der Waals surface area contributed by atoms with E-state index in [4.69, 9.17) is 4.74 Å². The topological polar surface area (TPSA) is 150 Å². The van der Waals surface area contributed by atoms with Crippen molar-refractivity contribution >= 4 is 38.4 Å². The van der Waals surface area contributed by atoms with Crippen molar-refractivity contribution in [1.82, 2.24) is 19.1 Å². The molecule has 3 aromatic rings. The van der Waals surface area contributed by atoms with E-state index in [9.17, 15) is 23.3 Å². The van der Waals surface area contributed by atoms with E-state index < -0.39 is 21.5 Å². The third kappa shape index (κ3) is 5.69. The molecule has 4 rings (SSSR count). The number of esters is 1. The largest absolute Gasteiger partial charge is 0.464 e.